The lowest BCUT2D eigenvalue weighted by molar-refractivity contribution is -0.148. The largest absolute Gasteiger partial charge is 0.466 e. The summed E-state index contributed by atoms with van der Waals surface area (Å²) in [6, 6.07) is 0. The zero-order chi connectivity index (χ0) is 14.2. The standard InChI is InChI=1S/C12H24O5Si/c1-6-15-11(13)8-10(17-18(3,4)5)9-12(14)16-7-2/h10H,6-9H2,1-5H3. The lowest BCUT2D eigenvalue weighted by atomic mass is 10.2. The number of carbonyl (C=O) groups is 2. The van der Waals surface area contributed by atoms with Crippen molar-refractivity contribution in [1.29, 1.82) is 0 Å². The van der Waals surface area contributed by atoms with Crippen LogP contribution in [0.3, 0.4) is 0 Å². The average molecular weight is 276 g/mol. The summed E-state index contributed by atoms with van der Waals surface area (Å²) in [6.07, 6.45) is -0.261. The van der Waals surface area contributed by atoms with Gasteiger partial charge in [0.05, 0.1) is 32.2 Å². The second-order valence-electron chi connectivity index (χ2n) is 4.87. The fraction of sp³-hybridized carbons (Fsp3) is 0.833. The SMILES string of the molecule is CCOC(=O)CC(CC(=O)OCC)O[Si](C)(C)C. The molecule has 5 nitrogen and oxygen atoms in total. The highest BCUT2D eigenvalue weighted by atomic mass is 28.4. The highest BCUT2D eigenvalue weighted by Crippen LogP contribution is 2.14. The molecule has 0 aromatic carbocycles. The van der Waals surface area contributed by atoms with E-state index in [-0.39, 0.29) is 24.8 Å². The monoisotopic (exact) mass is 276 g/mol. The first-order valence-corrected chi connectivity index (χ1v) is 9.68. The van der Waals surface area contributed by atoms with E-state index in [1.165, 1.54) is 0 Å². The van der Waals surface area contributed by atoms with Gasteiger partial charge in [-0.2, -0.15) is 0 Å². The van der Waals surface area contributed by atoms with Crippen molar-refractivity contribution >= 4 is 20.3 Å². The van der Waals surface area contributed by atoms with Crippen LogP contribution in [0.2, 0.25) is 19.6 Å². The summed E-state index contributed by atoms with van der Waals surface area (Å²) >= 11 is 0. The Labute approximate surface area is 110 Å². The van der Waals surface area contributed by atoms with Crippen molar-refractivity contribution in [2.24, 2.45) is 0 Å². The Kier molecular flexibility index (Phi) is 7.85. The highest BCUT2D eigenvalue weighted by molar-refractivity contribution is 6.69. The molecule has 0 aromatic heterocycles. The van der Waals surface area contributed by atoms with Gasteiger partial charge in [0.2, 0.25) is 0 Å². The average Bonchev–Trinajstić information content (AvgIpc) is 2.14. The molecule has 0 saturated carbocycles. The molecule has 0 N–H and O–H groups in total. The van der Waals surface area contributed by atoms with Gasteiger partial charge in [-0.1, -0.05) is 0 Å². The van der Waals surface area contributed by atoms with Gasteiger partial charge in [0.25, 0.3) is 0 Å². The summed E-state index contributed by atoms with van der Waals surface area (Å²) in [5, 5.41) is 0. The van der Waals surface area contributed by atoms with E-state index in [0.29, 0.717) is 13.2 Å². The van der Waals surface area contributed by atoms with Crippen molar-refractivity contribution < 1.29 is 23.5 Å². The van der Waals surface area contributed by atoms with Gasteiger partial charge in [-0.3, -0.25) is 9.59 Å². The Balaban J connectivity index is 4.42. The molecular formula is C12H24O5Si. The molecule has 0 unspecified atom stereocenters. The molecule has 0 aliphatic carbocycles. The van der Waals surface area contributed by atoms with Crippen molar-refractivity contribution in [1.82, 2.24) is 0 Å². The first-order chi connectivity index (χ1) is 8.28. The molecule has 0 radical (unpaired) electrons. The summed E-state index contributed by atoms with van der Waals surface area (Å²) in [7, 11) is -1.82. The van der Waals surface area contributed by atoms with Crippen LogP contribution in [0.25, 0.3) is 0 Å². The molecule has 106 valence electrons. The van der Waals surface area contributed by atoms with E-state index in [9.17, 15) is 9.59 Å². The molecule has 0 rings (SSSR count). The Morgan fingerprint density at radius 2 is 1.33 bits per heavy atom. The van der Waals surface area contributed by atoms with E-state index in [2.05, 4.69) is 0 Å². The fourth-order valence-electron chi connectivity index (χ4n) is 1.47. The molecule has 0 amide bonds. The number of carbonyl (C=O) groups excluding carboxylic acids is 2. The molecule has 6 heteroatoms. The minimum absolute atomic E-state index is 0.0942. The van der Waals surface area contributed by atoms with Gasteiger partial charge in [-0.05, 0) is 33.5 Å². The van der Waals surface area contributed by atoms with Gasteiger partial charge in [0.15, 0.2) is 8.32 Å². The van der Waals surface area contributed by atoms with Crippen molar-refractivity contribution in [2.75, 3.05) is 13.2 Å². The first-order valence-electron chi connectivity index (χ1n) is 6.27. The van der Waals surface area contributed by atoms with Crippen LogP contribution < -0.4 is 0 Å². The molecule has 0 aliphatic rings. The predicted octanol–water partition coefficient (Wildman–Crippen LogP) is 2.11. The van der Waals surface area contributed by atoms with Gasteiger partial charge >= 0.3 is 11.9 Å². The maximum absolute atomic E-state index is 11.4. The molecule has 0 atom stereocenters. The maximum atomic E-state index is 11.4. The number of hydrogen-bond donors (Lipinski definition) is 0. The van der Waals surface area contributed by atoms with E-state index in [1.54, 1.807) is 13.8 Å². The number of hydrogen-bond acceptors (Lipinski definition) is 5. The number of ether oxygens (including phenoxy) is 2. The molecule has 18 heavy (non-hydrogen) atoms. The van der Waals surface area contributed by atoms with Crippen LogP contribution in [0.15, 0.2) is 0 Å². The highest BCUT2D eigenvalue weighted by Gasteiger charge is 2.26. The van der Waals surface area contributed by atoms with Crippen molar-refractivity contribution in [3.05, 3.63) is 0 Å². The second-order valence-corrected chi connectivity index (χ2v) is 9.33. The smallest absolute Gasteiger partial charge is 0.308 e. The minimum Gasteiger partial charge on any atom is -0.466 e. The van der Waals surface area contributed by atoms with Gasteiger partial charge in [0.1, 0.15) is 0 Å². The van der Waals surface area contributed by atoms with Gasteiger partial charge < -0.3 is 13.9 Å². The first kappa shape index (κ1) is 17.1. The molecule has 0 heterocycles. The van der Waals surface area contributed by atoms with Crippen LogP contribution in [-0.2, 0) is 23.5 Å². The van der Waals surface area contributed by atoms with Crippen LogP contribution in [0.5, 0.6) is 0 Å². The third kappa shape index (κ3) is 9.18. The maximum Gasteiger partial charge on any atom is 0.308 e. The molecule has 0 bridgehead atoms. The van der Waals surface area contributed by atoms with Gasteiger partial charge in [-0.15, -0.1) is 0 Å². The Hall–Kier alpha value is -0.883. The third-order valence-corrected chi connectivity index (χ3v) is 2.96. The topological polar surface area (TPSA) is 61.8 Å². The van der Waals surface area contributed by atoms with E-state index < -0.39 is 14.4 Å². The van der Waals surface area contributed by atoms with Crippen LogP contribution >= 0.6 is 0 Å². The Morgan fingerprint density at radius 3 is 1.61 bits per heavy atom. The Morgan fingerprint density at radius 1 is 0.944 bits per heavy atom. The summed E-state index contributed by atoms with van der Waals surface area (Å²) in [4.78, 5) is 22.9. The molecule has 0 fully saturated rings. The molecule has 0 aliphatic heterocycles. The van der Waals surface area contributed by atoms with E-state index in [4.69, 9.17) is 13.9 Å². The molecule has 0 aromatic rings. The van der Waals surface area contributed by atoms with Crippen molar-refractivity contribution in [2.45, 2.75) is 52.4 Å². The molecule has 0 spiro atoms. The predicted molar refractivity (Wildman–Crippen MR) is 70.7 cm³/mol. The Bertz CT molecular complexity index is 252. The van der Waals surface area contributed by atoms with Crippen LogP contribution in [0.1, 0.15) is 26.7 Å². The van der Waals surface area contributed by atoms with Crippen LogP contribution in [0, 0.1) is 0 Å². The zero-order valence-electron chi connectivity index (χ0n) is 11.9. The quantitative estimate of drug-likeness (QED) is 0.502. The fourth-order valence-corrected chi connectivity index (χ4v) is 2.63. The second kappa shape index (κ2) is 8.26. The van der Waals surface area contributed by atoms with Gasteiger partial charge in [-0.25, -0.2) is 0 Å². The summed E-state index contributed by atoms with van der Waals surface area (Å²) in [6.45, 7) is 10.2. The van der Waals surface area contributed by atoms with Crippen LogP contribution in [0.4, 0.5) is 0 Å². The molecule has 0 saturated heterocycles. The van der Waals surface area contributed by atoms with E-state index in [0.717, 1.165) is 0 Å². The van der Waals surface area contributed by atoms with Crippen molar-refractivity contribution in [3.8, 4) is 0 Å². The lowest BCUT2D eigenvalue weighted by Gasteiger charge is -2.25. The minimum atomic E-state index is -1.82. The normalized spacial score (nSPS) is 11.4. The van der Waals surface area contributed by atoms with Gasteiger partial charge in [0, 0.05) is 0 Å². The van der Waals surface area contributed by atoms with Crippen molar-refractivity contribution in [3.63, 3.8) is 0 Å². The summed E-state index contributed by atoms with van der Waals surface area (Å²) in [5.41, 5.74) is 0. The van der Waals surface area contributed by atoms with E-state index >= 15 is 0 Å². The zero-order valence-corrected chi connectivity index (χ0v) is 12.9. The van der Waals surface area contributed by atoms with Crippen LogP contribution in [-0.4, -0.2) is 39.6 Å². The third-order valence-electron chi connectivity index (χ3n) is 1.92. The van der Waals surface area contributed by atoms with E-state index in [1.807, 2.05) is 19.6 Å². The summed E-state index contributed by atoms with van der Waals surface area (Å²) in [5.74, 6) is -0.685. The molecular weight excluding hydrogens is 252 g/mol. The number of rotatable bonds is 8. The lowest BCUT2D eigenvalue weighted by Crippen LogP contribution is -2.35. The number of esters is 2. The summed E-state index contributed by atoms with van der Waals surface area (Å²) < 4.78 is 15.6.